The van der Waals surface area contributed by atoms with Crippen LogP contribution in [-0.4, -0.2) is 39.1 Å². The fraction of sp³-hybridized carbons (Fsp3) is 1.00. The summed E-state index contributed by atoms with van der Waals surface area (Å²) in [5.41, 5.74) is 0.448. The summed E-state index contributed by atoms with van der Waals surface area (Å²) in [5, 5.41) is 4.13. The Labute approximate surface area is 109 Å². The van der Waals surface area contributed by atoms with Crippen LogP contribution in [0.1, 0.15) is 40.5 Å². The van der Waals surface area contributed by atoms with Crippen LogP contribution in [0.15, 0.2) is 0 Å². The van der Waals surface area contributed by atoms with E-state index in [1.54, 1.807) is 0 Å². The molecule has 15 heavy (non-hydrogen) atoms. The fourth-order valence-electron chi connectivity index (χ4n) is 1.07. The van der Waals surface area contributed by atoms with Crippen molar-refractivity contribution in [1.29, 1.82) is 0 Å². The molecule has 2 nitrogen and oxygen atoms in total. The quantitative estimate of drug-likeness (QED) is 0.708. The molecule has 0 aromatic carbocycles. The molecule has 3 heteroatoms. The van der Waals surface area contributed by atoms with Crippen molar-refractivity contribution in [1.82, 2.24) is 4.90 Å². The summed E-state index contributed by atoms with van der Waals surface area (Å²) in [5.74, 6) is 0. The normalized spacial score (nSPS) is 10.4. The first-order valence-electron chi connectivity index (χ1n) is 5.68. The van der Waals surface area contributed by atoms with Gasteiger partial charge in [0.25, 0.3) is 0 Å². The van der Waals surface area contributed by atoms with Crippen LogP contribution in [0.4, 0.5) is 0 Å². The third-order valence-electron chi connectivity index (χ3n) is 2.25. The molecule has 0 aromatic heterocycles. The molecule has 0 atom stereocenters. The van der Waals surface area contributed by atoms with Gasteiger partial charge in [0.15, 0.2) is 0 Å². The third-order valence-corrected chi connectivity index (χ3v) is 2.25. The van der Waals surface area contributed by atoms with E-state index in [1.165, 1.54) is 19.4 Å². The van der Waals surface area contributed by atoms with Crippen LogP contribution >= 0.6 is 0 Å². The van der Waals surface area contributed by atoms with Crippen molar-refractivity contribution in [2.45, 2.75) is 40.5 Å². The number of rotatable bonds is 6. The van der Waals surface area contributed by atoms with Gasteiger partial charge in [-0.2, -0.15) is 7.05 Å². The average molecular weight is 252 g/mol. The summed E-state index contributed by atoms with van der Waals surface area (Å²) in [7, 11) is 6.14. The van der Waals surface area contributed by atoms with E-state index in [1.807, 2.05) is 20.9 Å². The van der Waals surface area contributed by atoms with Crippen LogP contribution in [0, 0.1) is 5.41 Å². The molecule has 0 aliphatic rings. The first-order valence-corrected chi connectivity index (χ1v) is 5.68. The molecule has 0 rings (SSSR count). The third kappa shape index (κ3) is 17.1. The molecule has 0 unspecified atom stereocenters. The van der Waals surface area contributed by atoms with Crippen molar-refractivity contribution in [2.75, 3.05) is 34.2 Å². The molecule has 0 heterocycles. The van der Waals surface area contributed by atoms with Crippen molar-refractivity contribution < 1.29 is 18.6 Å². The zero-order valence-electron chi connectivity index (χ0n) is 11.7. The standard InChI is InChI=1S/C10H23N2.C2H6.V/c1-10(2,6-8-11-3)7-9-12(4)5;1-2;/h6-9H2,1-5H3;1-2H3;/q-1;;. The van der Waals surface area contributed by atoms with Crippen LogP contribution in [-0.2, 0) is 18.6 Å². The predicted octanol–water partition coefficient (Wildman–Crippen LogP) is 3.38. The van der Waals surface area contributed by atoms with Gasteiger partial charge in [-0.15, -0.1) is 6.54 Å². The van der Waals surface area contributed by atoms with Crippen LogP contribution in [0.3, 0.4) is 0 Å². The molecule has 0 fully saturated rings. The Kier molecular flexibility index (Phi) is 17.5. The topological polar surface area (TPSA) is 17.3 Å². The zero-order valence-corrected chi connectivity index (χ0v) is 13.1. The van der Waals surface area contributed by atoms with Crippen molar-refractivity contribution in [3.8, 4) is 0 Å². The maximum absolute atomic E-state index is 4.13. The molecular formula is C12H29N2V-. The van der Waals surface area contributed by atoms with Gasteiger partial charge < -0.3 is 10.2 Å². The summed E-state index contributed by atoms with van der Waals surface area (Å²) in [6.07, 6.45) is 2.47. The van der Waals surface area contributed by atoms with Crippen LogP contribution in [0.5, 0.6) is 0 Å². The molecule has 0 amide bonds. The van der Waals surface area contributed by atoms with Gasteiger partial charge in [-0.25, -0.2) is 0 Å². The van der Waals surface area contributed by atoms with Gasteiger partial charge in [-0.05, 0) is 32.5 Å². The van der Waals surface area contributed by atoms with Gasteiger partial charge in [-0.1, -0.05) is 34.1 Å². The van der Waals surface area contributed by atoms with E-state index in [4.69, 9.17) is 0 Å². The van der Waals surface area contributed by atoms with E-state index in [9.17, 15) is 0 Å². The Bertz CT molecular complexity index is 114. The second-order valence-corrected chi connectivity index (χ2v) is 4.51. The maximum atomic E-state index is 4.13. The second kappa shape index (κ2) is 12.6. The minimum absolute atomic E-state index is 0. The first kappa shape index (κ1) is 20.9. The van der Waals surface area contributed by atoms with Crippen LogP contribution < -0.4 is 0 Å². The van der Waals surface area contributed by atoms with E-state index in [2.05, 4.69) is 38.2 Å². The van der Waals surface area contributed by atoms with Crippen molar-refractivity contribution in [2.24, 2.45) is 5.41 Å². The zero-order chi connectivity index (χ0) is 11.6. The van der Waals surface area contributed by atoms with Crippen molar-refractivity contribution >= 4 is 0 Å². The monoisotopic (exact) mass is 252 g/mol. The molecule has 0 N–H and O–H groups in total. The molecule has 0 aromatic rings. The fourth-order valence-corrected chi connectivity index (χ4v) is 1.07. The minimum Gasteiger partial charge on any atom is -0.665 e. The van der Waals surface area contributed by atoms with Crippen molar-refractivity contribution in [3.05, 3.63) is 5.32 Å². The predicted molar refractivity (Wildman–Crippen MR) is 67.1 cm³/mol. The molecular weight excluding hydrogens is 223 g/mol. The number of hydrogen-bond acceptors (Lipinski definition) is 1. The van der Waals surface area contributed by atoms with E-state index < -0.39 is 0 Å². The maximum Gasteiger partial charge on any atom is 0 e. The molecule has 0 bridgehead atoms. The van der Waals surface area contributed by atoms with Crippen LogP contribution in [0.2, 0.25) is 0 Å². The summed E-state index contributed by atoms with van der Waals surface area (Å²) >= 11 is 0. The number of nitrogens with zero attached hydrogens (tertiary/aromatic N) is 2. The number of hydrogen-bond donors (Lipinski definition) is 0. The van der Waals surface area contributed by atoms with E-state index in [0.717, 1.165) is 6.54 Å². The Hall–Kier alpha value is 0.504. The molecule has 0 spiro atoms. The summed E-state index contributed by atoms with van der Waals surface area (Å²) < 4.78 is 0. The van der Waals surface area contributed by atoms with Crippen molar-refractivity contribution in [3.63, 3.8) is 0 Å². The Balaban J connectivity index is -0.000000449. The van der Waals surface area contributed by atoms with E-state index in [0.29, 0.717) is 5.41 Å². The largest absolute Gasteiger partial charge is 0.665 e. The smallest absolute Gasteiger partial charge is 0 e. The van der Waals surface area contributed by atoms with Gasteiger partial charge in [0, 0.05) is 18.6 Å². The molecule has 0 saturated carbocycles. The van der Waals surface area contributed by atoms with Gasteiger partial charge >= 0.3 is 0 Å². The Morgan fingerprint density at radius 2 is 1.53 bits per heavy atom. The van der Waals surface area contributed by atoms with E-state index in [-0.39, 0.29) is 18.6 Å². The summed E-state index contributed by atoms with van der Waals surface area (Å²) in [6.45, 7) is 10.8. The summed E-state index contributed by atoms with van der Waals surface area (Å²) in [4.78, 5) is 2.24. The average Bonchev–Trinajstić information content (AvgIpc) is 2.15. The van der Waals surface area contributed by atoms with E-state index >= 15 is 0 Å². The SMILES string of the molecule is CC.C[N-]CCC(C)(C)CCN(C)C.[V]. The molecule has 0 aliphatic carbocycles. The first-order chi connectivity index (χ1) is 6.48. The minimum atomic E-state index is 0. The van der Waals surface area contributed by atoms with Crippen LogP contribution in [0.25, 0.3) is 5.32 Å². The van der Waals surface area contributed by atoms with Gasteiger partial charge in [0.2, 0.25) is 0 Å². The van der Waals surface area contributed by atoms with Gasteiger partial charge in [0.05, 0.1) is 0 Å². The molecule has 93 valence electrons. The second-order valence-electron chi connectivity index (χ2n) is 4.51. The van der Waals surface area contributed by atoms with Gasteiger partial charge in [0.1, 0.15) is 0 Å². The Morgan fingerprint density at radius 3 is 1.87 bits per heavy atom. The van der Waals surface area contributed by atoms with Gasteiger partial charge in [-0.3, -0.25) is 0 Å². The summed E-state index contributed by atoms with van der Waals surface area (Å²) in [6, 6.07) is 0. The molecule has 0 saturated heterocycles. The molecule has 1 radical (unpaired) electrons. The Morgan fingerprint density at radius 1 is 1.07 bits per heavy atom. The molecule has 0 aliphatic heterocycles.